The summed E-state index contributed by atoms with van der Waals surface area (Å²) in [7, 11) is 0. The first-order chi connectivity index (χ1) is 16.2. The summed E-state index contributed by atoms with van der Waals surface area (Å²) in [5.74, 6) is -1.64. The molecular formula is C24H24F3N3O4. The lowest BCUT2D eigenvalue weighted by atomic mass is 9.90. The Morgan fingerprint density at radius 2 is 1.53 bits per heavy atom. The van der Waals surface area contributed by atoms with Gasteiger partial charge in [0.2, 0.25) is 5.91 Å². The molecule has 1 saturated carbocycles. The van der Waals surface area contributed by atoms with E-state index in [1.54, 1.807) is 12.1 Å². The van der Waals surface area contributed by atoms with E-state index in [2.05, 4.69) is 16.0 Å². The molecular weight excluding hydrogens is 451 g/mol. The third-order valence-corrected chi connectivity index (χ3v) is 5.60. The fourth-order valence-corrected chi connectivity index (χ4v) is 3.80. The van der Waals surface area contributed by atoms with Gasteiger partial charge in [0.15, 0.2) is 0 Å². The Balaban J connectivity index is 1.54. The fraction of sp³-hybridized carbons (Fsp3) is 0.333. The van der Waals surface area contributed by atoms with E-state index < -0.39 is 30.1 Å². The van der Waals surface area contributed by atoms with E-state index in [1.807, 2.05) is 0 Å². The van der Waals surface area contributed by atoms with Crippen LogP contribution in [0.1, 0.15) is 62.3 Å². The second-order valence-electron chi connectivity index (χ2n) is 8.04. The smallest absolute Gasteiger partial charge is 0.350 e. The maximum absolute atomic E-state index is 12.8. The average molecular weight is 475 g/mol. The quantitative estimate of drug-likeness (QED) is 0.536. The van der Waals surface area contributed by atoms with Gasteiger partial charge in [-0.25, -0.2) is 0 Å². The first-order valence-corrected chi connectivity index (χ1v) is 10.8. The maximum atomic E-state index is 12.8. The summed E-state index contributed by atoms with van der Waals surface area (Å²) in [5.41, 5.74) is -0.321. The lowest BCUT2D eigenvalue weighted by molar-refractivity contribution is -0.137. The Labute approximate surface area is 194 Å². The van der Waals surface area contributed by atoms with Gasteiger partial charge in [-0.1, -0.05) is 31.0 Å². The van der Waals surface area contributed by atoms with Crippen molar-refractivity contribution in [1.82, 2.24) is 16.0 Å². The predicted molar refractivity (Wildman–Crippen MR) is 117 cm³/mol. The molecule has 34 heavy (non-hydrogen) atoms. The van der Waals surface area contributed by atoms with E-state index >= 15 is 0 Å². The van der Waals surface area contributed by atoms with E-state index in [0.29, 0.717) is 30.3 Å². The number of carbonyl (C=O) groups excluding carboxylic acids is 4. The summed E-state index contributed by atoms with van der Waals surface area (Å²) >= 11 is 0. The van der Waals surface area contributed by atoms with Gasteiger partial charge in [-0.2, -0.15) is 13.2 Å². The zero-order valence-corrected chi connectivity index (χ0v) is 18.2. The van der Waals surface area contributed by atoms with Crippen LogP contribution >= 0.6 is 0 Å². The number of halogens is 3. The third-order valence-electron chi connectivity index (χ3n) is 5.60. The molecule has 2 unspecified atom stereocenters. The van der Waals surface area contributed by atoms with Crippen molar-refractivity contribution in [1.29, 1.82) is 0 Å². The molecule has 180 valence electrons. The molecule has 2 aromatic rings. The maximum Gasteiger partial charge on any atom is 0.416 e. The molecule has 7 nitrogen and oxygen atoms in total. The highest BCUT2D eigenvalue weighted by Gasteiger charge is 2.31. The van der Waals surface area contributed by atoms with Crippen LogP contribution < -0.4 is 16.0 Å². The number of hydrogen-bond acceptors (Lipinski definition) is 4. The van der Waals surface area contributed by atoms with E-state index in [9.17, 15) is 32.3 Å². The highest BCUT2D eigenvalue weighted by atomic mass is 19.4. The van der Waals surface area contributed by atoms with E-state index in [-0.39, 0.29) is 23.6 Å². The highest BCUT2D eigenvalue weighted by molar-refractivity contribution is 5.97. The minimum absolute atomic E-state index is 0.203. The number of hydrogen-bond donors (Lipinski definition) is 3. The van der Waals surface area contributed by atoms with Gasteiger partial charge in [-0.05, 0) is 43.2 Å². The number of carbonyl (C=O) groups is 4. The van der Waals surface area contributed by atoms with Gasteiger partial charge in [0.25, 0.3) is 11.8 Å². The van der Waals surface area contributed by atoms with Crippen molar-refractivity contribution in [3.63, 3.8) is 0 Å². The Morgan fingerprint density at radius 3 is 2.15 bits per heavy atom. The molecule has 0 aromatic heterocycles. The second-order valence-corrected chi connectivity index (χ2v) is 8.04. The van der Waals surface area contributed by atoms with E-state index in [4.69, 9.17) is 0 Å². The molecule has 3 amide bonds. The molecule has 3 rings (SSSR count). The van der Waals surface area contributed by atoms with Gasteiger partial charge in [0.05, 0.1) is 12.1 Å². The van der Waals surface area contributed by atoms with Gasteiger partial charge in [-0.15, -0.1) is 0 Å². The lowest BCUT2D eigenvalue weighted by Gasteiger charge is -2.33. The number of alkyl halides is 3. The topological polar surface area (TPSA) is 104 Å². The summed E-state index contributed by atoms with van der Waals surface area (Å²) in [6.07, 6.45) is -0.900. The molecule has 0 heterocycles. The number of benzene rings is 2. The summed E-state index contributed by atoms with van der Waals surface area (Å²) in [6.45, 7) is -0.417. The number of amides is 3. The molecule has 2 atom stereocenters. The van der Waals surface area contributed by atoms with Gasteiger partial charge in [-0.3, -0.25) is 19.2 Å². The molecule has 0 spiro atoms. The second kappa shape index (κ2) is 11.0. The van der Waals surface area contributed by atoms with Crippen molar-refractivity contribution in [2.24, 2.45) is 0 Å². The minimum Gasteiger partial charge on any atom is -0.350 e. The van der Waals surface area contributed by atoms with Crippen LogP contribution in [-0.2, 0) is 11.0 Å². The zero-order chi connectivity index (χ0) is 24.7. The van der Waals surface area contributed by atoms with E-state index in [0.717, 1.165) is 31.0 Å². The molecule has 1 aliphatic rings. The molecule has 2 aromatic carbocycles. The predicted octanol–water partition coefficient (Wildman–Crippen LogP) is 3.11. The third kappa shape index (κ3) is 6.66. The summed E-state index contributed by atoms with van der Waals surface area (Å²) < 4.78 is 38.5. The summed E-state index contributed by atoms with van der Waals surface area (Å²) in [6, 6.07) is 9.41. The van der Waals surface area contributed by atoms with Crippen LogP contribution in [0.4, 0.5) is 13.2 Å². The van der Waals surface area contributed by atoms with Gasteiger partial charge in [0, 0.05) is 28.8 Å². The molecule has 3 N–H and O–H groups in total. The Bertz CT molecular complexity index is 1050. The van der Waals surface area contributed by atoms with Crippen LogP contribution in [0.25, 0.3) is 0 Å². The van der Waals surface area contributed by atoms with Crippen molar-refractivity contribution in [2.45, 2.75) is 43.9 Å². The van der Waals surface area contributed by atoms with Crippen LogP contribution in [0.3, 0.4) is 0 Å². The van der Waals surface area contributed by atoms with Crippen molar-refractivity contribution in [3.05, 3.63) is 70.8 Å². The van der Waals surface area contributed by atoms with Crippen LogP contribution in [0.2, 0.25) is 0 Å². The Hall–Kier alpha value is -3.69. The Kier molecular flexibility index (Phi) is 8.04. The summed E-state index contributed by atoms with van der Waals surface area (Å²) in [4.78, 5) is 47.9. The van der Waals surface area contributed by atoms with Crippen LogP contribution in [-0.4, -0.2) is 42.6 Å². The molecule has 0 bridgehead atoms. The standard InChI is InChI=1S/C24H24F3N3O4/c25-24(26,27)18-5-3-4-17(12-18)22(33)28-13-21(32)29-19-6-1-2-7-20(19)30-23(34)16-10-8-15(14-31)9-11-16/h3-5,8-12,14,19-20H,1-2,6-7,13H2,(H,28,33)(H,29,32)(H,30,34). The number of nitrogens with one attached hydrogen (secondary N) is 3. The minimum atomic E-state index is -4.58. The SMILES string of the molecule is O=Cc1ccc(C(=O)NC2CCCCC2NC(=O)CNC(=O)c2cccc(C(F)(F)F)c2)cc1. The van der Waals surface area contributed by atoms with Gasteiger partial charge >= 0.3 is 6.18 Å². The number of aldehydes is 1. The molecule has 0 saturated heterocycles. The lowest BCUT2D eigenvalue weighted by Crippen LogP contribution is -2.54. The fourth-order valence-electron chi connectivity index (χ4n) is 3.80. The Morgan fingerprint density at radius 1 is 0.882 bits per heavy atom. The van der Waals surface area contributed by atoms with Crippen LogP contribution in [0.5, 0.6) is 0 Å². The van der Waals surface area contributed by atoms with Crippen molar-refractivity contribution < 1.29 is 32.3 Å². The van der Waals surface area contributed by atoms with Crippen LogP contribution in [0.15, 0.2) is 48.5 Å². The van der Waals surface area contributed by atoms with E-state index in [1.165, 1.54) is 18.2 Å². The molecule has 10 heteroatoms. The largest absolute Gasteiger partial charge is 0.416 e. The first-order valence-electron chi connectivity index (χ1n) is 10.8. The van der Waals surface area contributed by atoms with Gasteiger partial charge < -0.3 is 16.0 Å². The normalized spacial score (nSPS) is 18.0. The van der Waals surface area contributed by atoms with Crippen molar-refractivity contribution in [2.75, 3.05) is 6.54 Å². The van der Waals surface area contributed by atoms with Gasteiger partial charge in [0.1, 0.15) is 6.29 Å². The molecule has 0 aliphatic heterocycles. The highest BCUT2D eigenvalue weighted by Crippen LogP contribution is 2.29. The summed E-state index contributed by atoms with van der Waals surface area (Å²) in [5, 5.41) is 8.02. The zero-order valence-electron chi connectivity index (χ0n) is 18.2. The van der Waals surface area contributed by atoms with Crippen molar-refractivity contribution >= 4 is 24.0 Å². The van der Waals surface area contributed by atoms with Crippen LogP contribution in [0, 0.1) is 0 Å². The molecule has 0 radical (unpaired) electrons. The first kappa shape index (κ1) is 24.9. The van der Waals surface area contributed by atoms with Crippen molar-refractivity contribution in [3.8, 4) is 0 Å². The average Bonchev–Trinajstić information content (AvgIpc) is 2.83. The number of rotatable bonds is 7. The molecule has 1 fully saturated rings. The molecule has 1 aliphatic carbocycles. The monoisotopic (exact) mass is 475 g/mol.